The van der Waals surface area contributed by atoms with E-state index in [0.717, 1.165) is 44.9 Å². The van der Waals surface area contributed by atoms with E-state index in [2.05, 4.69) is 6.92 Å². The number of hydrogen-bond donors (Lipinski definition) is 1. The Morgan fingerprint density at radius 2 is 1.68 bits per heavy atom. The summed E-state index contributed by atoms with van der Waals surface area (Å²) in [7, 11) is 1.16. The lowest BCUT2D eigenvalue weighted by Gasteiger charge is -2.34. The highest BCUT2D eigenvalue weighted by Crippen LogP contribution is 2.40. The monoisotopic (exact) mass is 521 g/mol. The van der Waals surface area contributed by atoms with E-state index in [9.17, 15) is 27.6 Å². The van der Waals surface area contributed by atoms with Crippen molar-refractivity contribution in [2.45, 2.75) is 58.7 Å². The zero-order chi connectivity index (χ0) is 27.5. The second kappa shape index (κ2) is 11.2. The number of hydrogen-bond acceptors (Lipinski definition) is 5. The third kappa shape index (κ3) is 6.42. The van der Waals surface area contributed by atoms with Crippen molar-refractivity contribution in [2.75, 3.05) is 12.0 Å². The van der Waals surface area contributed by atoms with E-state index in [1.54, 1.807) is 0 Å². The van der Waals surface area contributed by atoms with Gasteiger partial charge in [-0.15, -0.1) is 0 Å². The molecule has 7 nitrogen and oxygen atoms in total. The van der Waals surface area contributed by atoms with Crippen molar-refractivity contribution in [1.82, 2.24) is 0 Å². The summed E-state index contributed by atoms with van der Waals surface area (Å²) in [6.07, 6.45) is -1.54. The fourth-order valence-corrected chi connectivity index (χ4v) is 4.52. The number of amides is 1. The number of carboxylic acid groups (broad SMARTS) is 1. The van der Waals surface area contributed by atoms with E-state index in [-0.39, 0.29) is 34.9 Å². The summed E-state index contributed by atoms with van der Waals surface area (Å²) in [6, 6.07) is 6.11. The Balaban J connectivity index is 2.02. The number of alkyl halides is 3. The fraction of sp³-hybridized carbons (Fsp3) is 0.444. The highest BCUT2D eigenvalue weighted by Gasteiger charge is 2.36. The van der Waals surface area contributed by atoms with Gasteiger partial charge in [0.15, 0.2) is 0 Å². The number of benzene rings is 2. The molecule has 1 N–H and O–H groups in total. The number of ether oxygens (including phenoxy) is 2. The molecule has 0 bridgehead atoms. The van der Waals surface area contributed by atoms with Gasteiger partial charge in [0.05, 0.1) is 29.5 Å². The number of methoxy groups -OCH3 is 1. The lowest BCUT2D eigenvalue weighted by Crippen LogP contribution is -2.43. The molecule has 0 aliphatic heterocycles. The average Bonchev–Trinajstić information content (AvgIpc) is 2.84. The number of anilines is 1. The van der Waals surface area contributed by atoms with E-state index < -0.39 is 35.0 Å². The first kappa shape index (κ1) is 28.0. The van der Waals surface area contributed by atoms with Crippen molar-refractivity contribution in [3.05, 3.63) is 53.1 Å². The standard InChI is InChI=1S/C27H30F3NO6/c1-15(2)31(24(32)17-7-5-16(3)6-8-17)22-11-10-19(14-20(22)26(35)36-4)37-23-12-9-18(25(33)34)13-21(23)27(28,29)30/h9-17H,5-8H2,1-4H3,(H,33,34). The van der Waals surface area contributed by atoms with Gasteiger partial charge in [0.2, 0.25) is 5.91 Å². The molecule has 1 amide bonds. The molecule has 2 aromatic rings. The van der Waals surface area contributed by atoms with Gasteiger partial charge in [0.25, 0.3) is 0 Å². The number of aromatic carboxylic acids is 1. The molecule has 1 aliphatic carbocycles. The molecule has 1 fully saturated rings. The molecule has 0 atom stereocenters. The zero-order valence-corrected chi connectivity index (χ0v) is 21.1. The van der Waals surface area contributed by atoms with Crippen LogP contribution in [0.1, 0.15) is 72.7 Å². The van der Waals surface area contributed by atoms with Crippen LogP contribution in [0.15, 0.2) is 36.4 Å². The molecule has 3 rings (SSSR count). The van der Waals surface area contributed by atoms with Crippen molar-refractivity contribution in [2.24, 2.45) is 11.8 Å². The molecular formula is C27H30F3NO6. The molecule has 2 aromatic carbocycles. The van der Waals surface area contributed by atoms with Crippen LogP contribution in [0.2, 0.25) is 0 Å². The SMILES string of the molecule is COC(=O)c1cc(Oc2ccc(C(=O)O)cc2C(F)(F)F)ccc1N(C(=O)C1CCC(C)CC1)C(C)C. The van der Waals surface area contributed by atoms with Crippen LogP contribution in [0, 0.1) is 11.8 Å². The molecule has 0 heterocycles. The normalized spacial score (nSPS) is 17.8. The number of carboxylic acids is 1. The Hall–Kier alpha value is -3.56. The first-order valence-corrected chi connectivity index (χ1v) is 12.0. The fourth-order valence-electron chi connectivity index (χ4n) is 4.52. The van der Waals surface area contributed by atoms with Crippen LogP contribution in [0.25, 0.3) is 0 Å². The van der Waals surface area contributed by atoms with Gasteiger partial charge in [0, 0.05) is 12.0 Å². The van der Waals surface area contributed by atoms with E-state index in [1.165, 1.54) is 23.1 Å². The third-order valence-corrected chi connectivity index (χ3v) is 6.51. The second-order valence-corrected chi connectivity index (χ2v) is 9.55. The molecule has 1 saturated carbocycles. The van der Waals surface area contributed by atoms with Crippen LogP contribution in [-0.2, 0) is 15.7 Å². The van der Waals surface area contributed by atoms with Gasteiger partial charge >= 0.3 is 18.1 Å². The van der Waals surface area contributed by atoms with Gasteiger partial charge < -0.3 is 19.5 Å². The van der Waals surface area contributed by atoms with E-state index in [0.29, 0.717) is 12.0 Å². The molecule has 0 aromatic heterocycles. The predicted molar refractivity (Wildman–Crippen MR) is 130 cm³/mol. The molecule has 200 valence electrons. The Bertz CT molecular complexity index is 1170. The molecule has 1 aliphatic rings. The van der Waals surface area contributed by atoms with Crippen molar-refractivity contribution in [1.29, 1.82) is 0 Å². The quantitative estimate of drug-likeness (QED) is 0.416. The highest BCUT2D eigenvalue weighted by molar-refractivity contribution is 6.04. The van der Waals surface area contributed by atoms with Gasteiger partial charge in [-0.25, -0.2) is 9.59 Å². The first-order valence-electron chi connectivity index (χ1n) is 12.0. The van der Waals surface area contributed by atoms with E-state index in [4.69, 9.17) is 14.6 Å². The van der Waals surface area contributed by atoms with Gasteiger partial charge in [0.1, 0.15) is 11.5 Å². The molecule has 0 spiro atoms. The van der Waals surface area contributed by atoms with Gasteiger partial charge in [-0.05, 0) is 81.8 Å². The smallest absolute Gasteiger partial charge is 0.420 e. The number of esters is 1. The maximum Gasteiger partial charge on any atom is 0.420 e. The predicted octanol–water partition coefficient (Wildman–Crippen LogP) is 6.55. The molecular weight excluding hydrogens is 491 g/mol. The topological polar surface area (TPSA) is 93.1 Å². The molecule has 37 heavy (non-hydrogen) atoms. The Morgan fingerprint density at radius 3 is 2.22 bits per heavy atom. The van der Waals surface area contributed by atoms with Crippen LogP contribution >= 0.6 is 0 Å². The van der Waals surface area contributed by atoms with Crippen LogP contribution < -0.4 is 9.64 Å². The van der Waals surface area contributed by atoms with Gasteiger partial charge in [-0.1, -0.05) is 6.92 Å². The summed E-state index contributed by atoms with van der Waals surface area (Å²) in [5.41, 5.74) is -1.59. The molecule has 0 radical (unpaired) electrons. The van der Waals surface area contributed by atoms with Gasteiger partial charge in [-0.3, -0.25) is 4.79 Å². The van der Waals surface area contributed by atoms with Crippen molar-refractivity contribution >= 4 is 23.5 Å². The van der Waals surface area contributed by atoms with E-state index >= 15 is 0 Å². The minimum Gasteiger partial charge on any atom is -0.478 e. The average molecular weight is 522 g/mol. The molecule has 0 saturated heterocycles. The number of halogens is 3. The Labute approximate surface area is 213 Å². The Kier molecular flexibility index (Phi) is 8.50. The minimum atomic E-state index is -4.88. The van der Waals surface area contributed by atoms with Crippen LogP contribution in [0.3, 0.4) is 0 Å². The highest BCUT2D eigenvalue weighted by atomic mass is 19.4. The summed E-state index contributed by atoms with van der Waals surface area (Å²) < 4.78 is 51.2. The van der Waals surface area contributed by atoms with Crippen molar-refractivity contribution in [3.8, 4) is 11.5 Å². The van der Waals surface area contributed by atoms with Crippen LogP contribution in [-0.4, -0.2) is 36.1 Å². The number of rotatable bonds is 7. The summed E-state index contributed by atoms with van der Waals surface area (Å²) >= 11 is 0. The summed E-state index contributed by atoms with van der Waals surface area (Å²) in [4.78, 5) is 38.9. The zero-order valence-electron chi connectivity index (χ0n) is 21.1. The summed E-state index contributed by atoms with van der Waals surface area (Å²) in [5, 5.41) is 9.07. The number of carbonyl (C=O) groups is 3. The summed E-state index contributed by atoms with van der Waals surface area (Å²) in [6.45, 7) is 5.78. The molecule has 0 unspecified atom stereocenters. The number of carbonyl (C=O) groups excluding carboxylic acids is 2. The lowest BCUT2D eigenvalue weighted by atomic mass is 9.82. The maximum atomic E-state index is 13.6. The summed E-state index contributed by atoms with van der Waals surface area (Å²) in [5.74, 6) is -2.81. The first-order chi connectivity index (χ1) is 17.3. The third-order valence-electron chi connectivity index (χ3n) is 6.51. The Morgan fingerprint density at radius 1 is 1.03 bits per heavy atom. The minimum absolute atomic E-state index is 0.0399. The maximum absolute atomic E-state index is 13.6. The van der Waals surface area contributed by atoms with E-state index in [1.807, 2.05) is 13.8 Å². The lowest BCUT2D eigenvalue weighted by molar-refractivity contribution is -0.138. The van der Waals surface area contributed by atoms with Crippen molar-refractivity contribution < 1.29 is 42.1 Å². The van der Waals surface area contributed by atoms with Crippen molar-refractivity contribution in [3.63, 3.8) is 0 Å². The largest absolute Gasteiger partial charge is 0.478 e. The number of nitrogens with zero attached hydrogens (tertiary/aromatic N) is 1. The van der Waals surface area contributed by atoms with Crippen LogP contribution in [0.4, 0.5) is 18.9 Å². The van der Waals surface area contributed by atoms with Crippen LogP contribution in [0.5, 0.6) is 11.5 Å². The molecule has 10 heteroatoms. The van der Waals surface area contributed by atoms with Gasteiger partial charge in [-0.2, -0.15) is 13.2 Å². The second-order valence-electron chi connectivity index (χ2n) is 9.55.